The lowest BCUT2D eigenvalue weighted by molar-refractivity contribution is -0.135. The van der Waals surface area contributed by atoms with E-state index in [9.17, 15) is 13.2 Å². The number of ether oxygens (including phenoxy) is 1. The predicted molar refractivity (Wildman–Crippen MR) is 61.2 cm³/mol. The molecule has 0 N–H and O–H groups in total. The van der Waals surface area contributed by atoms with Gasteiger partial charge in [0.25, 0.3) is 0 Å². The second-order valence-electron chi connectivity index (χ2n) is 3.92. The summed E-state index contributed by atoms with van der Waals surface area (Å²) in [7, 11) is 0. The average molecular weight is 246 g/mol. The van der Waals surface area contributed by atoms with Gasteiger partial charge in [-0.3, -0.25) is 0 Å². The van der Waals surface area contributed by atoms with Crippen molar-refractivity contribution in [3.8, 4) is 5.75 Å². The maximum atomic E-state index is 11.8. The van der Waals surface area contributed by atoms with E-state index >= 15 is 0 Å². The summed E-state index contributed by atoms with van der Waals surface area (Å²) in [6.07, 6.45) is -3.27. The lowest BCUT2D eigenvalue weighted by atomic mass is 10.2. The Morgan fingerprint density at radius 1 is 1.06 bits per heavy atom. The van der Waals surface area contributed by atoms with Gasteiger partial charge in [-0.05, 0) is 37.0 Å². The minimum atomic E-state index is -4.05. The fraction of sp³-hybridized carbons (Fsp3) is 0.538. The van der Waals surface area contributed by atoms with Crippen molar-refractivity contribution in [1.29, 1.82) is 0 Å². The van der Waals surface area contributed by atoms with Crippen molar-refractivity contribution in [3.63, 3.8) is 0 Å². The highest BCUT2D eigenvalue weighted by atomic mass is 19.4. The number of unbranched alkanes of at least 4 members (excludes halogenated alkanes) is 1. The number of rotatable bonds is 6. The van der Waals surface area contributed by atoms with Crippen LogP contribution in [0.25, 0.3) is 0 Å². The Balaban J connectivity index is 2.18. The van der Waals surface area contributed by atoms with E-state index in [-0.39, 0.29) is 6.42 Å². The summed E-state index contributed by atoms with van der Waals surface area (Å²) in [5.74, 6) is 0.717. The number of benzene rings is 1. The molecule has 0 aromatic heterocycles. The van der Waals surface area contributed by atoms with Crippen LogP contribution in [0.2, 0.25) is 0 Å². The molecule has 17 heavy (non-hydrogen) atoms. The number of hydrogen-bond acceptors (Lipinski definition) is 1. The monoisotopic (exact) mass is 246 g/mol. The second kappa shape index (κ2) is 6.52. The molecule has 0 spiro atoms. The van der Waals surface area contributed by atoms with Gasteiger partial charge in [-0.2, -0.15) is 13.2 Å². The summed E-state index contributed by atoms with van der Waals surface area (Å²) < 4.78 is 40.9. The van der Waals surface area contributed by atoms with Crippen LogP contribution in [0.4, 0.5) is 13.2 Å². The summed E-state index contributed by atoms with van der Waals surface area (Å²) >= 11 is 0. The third-order valence-electron chi connectivity index (χ3n) is 2.45. The molecule has 0 saturated carbocycles. The minimum Gasteiger partial charge on any atom is -0.494 e. The predicted octanol–water partition coefficient (Wildman–Crippen LogP) is 4.36. The standard InChI is InChI=1S/C13H17F3O/c1-2-11-5-7-12(8-6-11)17-10-4-3-9-13(14,15)16/h5-8H,2-4,9-10H2,1H3. The van der Waals surface area contributed by atoms with Gasteiger partial charge in [0, 0.05) is 6.42 Å². The zero-order chi connectivity index (χ0) is 12.7. The van der Waals surface area contributed by atoms with Gasteiger partial charge >= 0.3 is 6.18 Å². The maximum absolute atomic E-state index is 11.8. The van der Waals surface area contributed by atoms with Crippen molar-refractivity contribution in [2.45, 2.75) is 38.8 Å². The molecule has 1 rings (SSSR count). The van der Waals surface area contributed by atoms with Gasteiger partial charge < -0.3 is 4.74 Å². The second-order valence-corrected chi connectivity index (χ2v) is 3.92. The van der Waals surface area contributed by atoms with Crippen LogP contribution in [0.15, 0.2) is 24.3 Å². The topological polar surface area (TPSA) is 9.23 Å². The van der Waals surface area contributed by atoms with E-state index in [0.717, 1.165) is 6.42 Å². The molecule has 0 bridgehead atoms. The molecule has 0 fully saturated rings. The van der Waals surface area contributed by atoms with E-state index in [1.165, 1.54) is 5.56 Å². The molecule has 0 unspecified atom stereocenters. The molecule has 1 nitrogen and oxygen atoms in total. The Labute approximate surface area is 99.6 Å². The summed E-state index contributed by atoms with van der Waals surface area (Å²) in [6.45, 7) is 2.40. The van der Waals surface area contributed by atoms with Crippen LogP contribution in [0.5, 0.6) is 5.75 Å². The normalized spacial score (nSPS) is 11.5. The lowest BCUT2D eigenvalue weighted by Crippen LogP contribution is -2.07. The molecular formula is C13H17F3O. The van der Waals surface area contributed by atoms with E-state index < -0.39 is 12.6 Å². The van der Waals surface area contributed by atoms with Crippen LogP contribution >= 0.6 is 0 Å². The molecule has 1 aromatic rings. The van der Waals surface area contributed by atoms with Gasteiger partial charge in [-0.25, -0.2) is 0 Å². The number of halogens is 3. The highest BCUT2D eigenvalue weighted by Crippen LogP contribution is 2.22. The zero-order valence-electron chi connectivity index (χ0n) is 9.89. The van der Waals surface area contributed by atoms with Gasteiger partial charge in [0.05, 0.1) is 6.61 Å². The Kier molecular flexibility index (Phi) is 5.32. The SMILES string of the molecule is CCc1ccc(OCCCCC(F)(F)F)cc1. The quantitative estimate of drug-likeness (QED) is 0.677. The largest absolute Gasteiger partial charge is 0.494 e. The van der Waals surface area contributed by atoms with Crippen molar-refractivity contribution in [3.05, 3.63) is 29.8 Å². The van der Waals surface area contributed by atoms with Crippen LogP contribution in [-0.2, 0) is 6.42 Å². The summed E-state index contributed by atoms with van der Waals surface area (Å²) in [5.41, 5.74) is 1.22. The van der Waals surface area contributed by atoms with Crippen LogP contribution < -0.4 is 4.74 Å². The molecular weight excluding hydrogens is 229 g/mol. The number of hydrogen-bond donors (Lipinski definition) is 0. The summed E-state index contributed by atoms with van der Waals surface area (Å²) in [6, 6.07) is 7.63. The first kappa shape index (κ1) is 13.9. The van der Waals surface area contributed by atoms with Gasteiger partial charge in [0.2, 0.25) is 0 Å². The first-order valence-corrected chi connectivity index (χ1v) is 5.80. The molecule has 0 heterocycles. The first-order chi connectivity index (χ1) is 8.01. The Hall–Kier alpha value is -1.19. The smallest absolute Gasteiger partial charge is 0.389 e. The summed E-state index contributed by atoms with van der Waals surface area (Å²) in [4.78, 5) is 0. The first-order valence-electron chi connectivity index (χ1n) is 5.80. The van der Waals surface area contributed by atoms with E-state index in [4.69, 9.17) is 4.74 Å². The molecule has 0 amide bonds. The summed E-state index contributed by atoms with van der Waals surface area (Å²) in [5, 5.41) is 0. The third kappa shape index (κ3) is 6.19. The number of alkyl halides is 3. The zero-order valence-corrected chi connectivity index (χ0v) is 9.89. The van der Waals surface area contributed by atoms with Crippen molar-refractivity contribution in [2.75, 3.05) is 6.61 Å². The van der Waals surface area contributed by atoms with E-state index in [2.05, 4.69) is 6.92 Å². The Morgan fingerprint density at radius 3 is 2.24 bits per heavy atom. The highest BCUT2D eigenvalue weighted by Gasteiger charge is 2.25. The van der Waals surface area contributed by atoms with Crippen molar-refractivity contribution in [2.24, 2.45) is 0 Å². The molecule has 0 saturated heterocycles. The van der Waals surface area contributed by atoms with Crippen LogP contribution in [0, 0.1) is 0 Å². The maximum Gasteiger partial charge on any atom is 0.389 e. The van der Waals surface area contributed by atoms with Gasteiger partial charge in [-0.1, -0.05) is 19.1 Å². The molecule has 4 heteroatoms. The number of aryl methyl sites for hydroxylation is 1. The highest BCUT2D eigenvalue weighted by molar-refractivity contribution is 5.27. The van der Waals surface area contributed by atoms with Crippen LogP contribution in [0.1, 0.15) is 31.7 Å². The van der Waals surface area contributed by atoms with Crippen LogP contribution in [-0.4, -0.2) is 12.8 Å². The Morgan fingerprint density at radius 2 is 1.71 bits per heavy atom. The van der Waals surface area contributed by atoms with Crippen molar-refractivity contribution >= 4 is 0 Å². The molecule has 0 aliphatic carbocycles. The van der Waals surface area contributed by atoms with Gasteiger partial charge in [0.1, 0.15) is 5.75 Å². The molecule has 0 aliphatic rings. The molecule has 0 atom stereocenters. The van der Waals surface area contributed by atoms with Crippen molar-refractivity contribution in [1.82, 2.24) is 0 Å². The average Bonchev–Trinajstić information content (AvgIpc) is 2.28. The molecule has 0 radical (unpaired) electrons. The lowest BCUT2D eigenvalue weighted by Gasteiger charge is -2.08. The van der Waals surface area contributed by atoms with Crippen molar-refractivity contribution < 1.29 is 17.9 Å². The van der Waals surface area contributed by atoms with Gasteiger partial charge in [0.15, 0.2) is 0 Å². The van der Waals surface area contributed by atoms with E-state index in [1.54, 1.807) is 0 Å². The fourth-order valence-corrected chi connectivity index (χ4v) is 1.44. The molecule has 0 aliphatic heterocycles. The third-order valence-corrected chi connectivity index (χ3v) is 2.45. The van der Waals surface area contributed by atoms with Crippen LogP contribution in [0.3, 0.4) is 0 Å². The van der Waals surface area contributed by atoms with E-state index in [1.807, 2.05) is 24.3 Å². The minimum absolute atomic E-state index is 0.122. The van der Waals surface area contributed by atoms with E-state index in [0.29, 0.717) is 18.8 Å². The van der Waals surface area contributed by atoms with Gasteiger partial charge in [-0.15, -0.1) is 0 Å². The fourth-order valence-electron chi connectivity index (χ4n) is 1.44. The molecule has 1 aromatic carbocycles. The molecule has 96 valence electrons. The Bertz CT molecular complexity index is 316.